The summed E-state index contributed by atoms with van der Waals surface area (Å²) in [5, 5.41) is 1.02. The van der Waals surface area contributed by atoms with Crippen LogP contribution in [0.3, 0.4) is 0 Å². The van der Waals surface area contributed by atoms with Crippen LogP contribution in [0, 0.1) is 17.6 Å². The Labute approximate surface area is 161 Å². The van der Waals surface area contributed by atoms with Gasteiger partial charge in [-0.15, -0.1) is 0 Å². The lowest BCUT2D eigenvalue weighted by atomic mass is 9.76. The molecule has 0 atom stereocenters. The molecule has 0 unspecified atom stereocenters. The third kappa shape index (κ3) is 4.69. The molecule has 0 aliphatic heterocycles. The van der Waals surface area contributed by atoms with Gasteiger partial charge in [-0.25, -0.2) is 8.78 Å². The quantitative estimate of drug-likeness (QED) is 0.343. The predicted molar refractivity (Wildman–Crippen MR) is 108 cm³/mol. The molecule has 1 saturated carbocycles. The normalized spacial score (nSPS) is 20.0. The van der Waals surface area contributed by atoms with Crippen LogP contribution >= 0.6 is 0 Å². The van der Waals surface area contributed by atoms with Crippen molar-refractivity contribution in [2.75, 3.05) is 6.61 Å². The molecule has 0 bridgehead atoms. The molecule has 0 heterocycles. The smallest absolute Gasteiger partial charge is 0.167 e. The Morgan fingerprint density at radius 2 is 1.85 bits per heavy atom. The number of ether oxygens (including phenoxy) is 1. The van der Waals surface area contributed by atoms with Crippen LogP contribution in [0.25, 0.3) is 10.8 Å². The second kappa shape index (κ2) is 9.34. The molecule has 0 spiro atoms. The Kier molecular flexibility index (Phi) is 6.87. The first-order valence-corrected chi connectivity index (χ1v) is 10.3. The van der Waals surface area contributed by atoms with Crippen molar-refractivity contribution in [3.8, 4) is 5.75 Å². The summed E-state index contributed by atoms with van der Waals surface area (Å²) in [5.74, 6) is -0.0239. The Morgan fingerprint density at radius 1 is 1.07 bits per heavy atom. The molecule has 1 aliphatic carbocycles. The van der Waals surface area contributed by atoms with Crippen LogP contribution in [-0.2, 0) is 0 Å². The summed E-state index contributed by atoms with van der Waals surface area (Å²) >= 11 is 0. The van der Waals surface area contributed by atoms with Gasteiger partial charge in [-0.05, 0) is 66.7 Å². The number of hydrogen-bond donors (Lipinski definition) is 0. The topological polar surface area (TPSA) is 9.23 Å². The van der Waals surface area contributed by atoms with Gasteiger partial charge in [-0.2, -0.15) is 0 Å². The van der Waals surface area contributed by atoms with Gasteiger partial charge in [0.25, 0.3) is 0 Å². The van der Waals surface area contributed by atoms with Gasteiger partial charge in [0, 0.05) is 5.39 Å². The highest BCUT2D eigenvalue weighted by atomic mass is 19.2. The summed E-state index contributed by atoms with van der Waals surface area (Å²) in [6.45, 7) is 6.17. The molecule has 1 aliphatic rings. The molecular formula is C24H30F2O. The van der Waals surface area contributed by atoms with Crippen molar-refractivity contribution in [3.63, 3.8) is 0 Å². The maximum Gasteiger partial charge on any atom is 0.167 e. The van der Waals surface area contributed by atoms with Crippen LogP contribution in [0.1, 0.15) is 69.8 Å². The maximum absolute atomic E-state index is 14.8. The fourth-order valence-electron chi connectivity index (χ4n) is 4.31. The zero-order valence-corrected chi connectivity index (χ0v) is 16.3. The lowest BCUT2D eigenvalue weighted by molar-refractivity contribution is 0.298. The van der Waals surface area contributed by atoms with Crippen molar-refractivity contribution in [2.45, 2.75) is 64.2 Å². The number of benzene rings is 2. The van der Waals surface area contributed by atoms with Gasteiger partial charge in [0.1, 0.15) is 12.4 Å². The van der Waals surface area contributed by atoms with Gasteiger partial charge in [0.05, 0.1) is 0 Å². The molecule has 0 saturated heterocycles. The van der Waals surface area contributed by atoms with Gasteiger partial charge < -0.3 is 4.74 Å². The Balaban J connectivity index is 1.76. The summed E-state index contributed by atoms with van der Waals surface area (Å²) in [6, 6.07) is 7.03. The van der Waals surface area contributed by atoms with Crippen molar-refractivity contribution in [3.05, 3.63) is 54.1 Å². The molecule has 0 N–H and O–H groups in total. The second-order valence-corrected chi connectivity index (χ2v) is 7.79. The molecule has 0 aromatic heterocycles. The summed E-state index contributed by atoms with van der Waals surface area (Å²) in [7, 11) is 0. The molecule has 2 aromatic carbocycles. The van der Waals surface area contributed by atoms with E-state index >= 15 is 0 Å². The fraction of sp³-hybridized carbons (Fsp3) is 0.500. The van der Waals surface area contributed by atoms with Crippen LogP contribution in [0.5, 0.6) is 5.75 Å². The predicted octanol–water partition coefficient (Wildman–Crippen LogP) is 7.54. The van der Waals surface area contributed by atoms with E-state index in [1.165, 1.54) is 25.7 Å². The Morgan fingerprint density at radius 3 is 2.56 bits per heavy atom. The minimum absolute atomic E-state index is 0.128. The lowest BCUT2D eigenvalue weighted by Gasteiger charge is -2.29. The molecule has 3 rings (SSSR count). The van der Waals surface area contributed by atoms with Crippen molar-refractivity contribution in [1.82, 2.24) is 0 Å². The first-order valence-electron chi connectivity index (χ1n) is 10.3. The van der Waals surface area contributed by atoms with Gasteiger partial charge in [0.2, 0.25) is 0 Å². The standard InChI is InChI=1S/C24H30F2O/c1-3-5-6-7-17-8-10-18(11-9-17)21-15-19-12-13-20(27-14-4-2)16-22(19)24(26)23(21)25/h4,12-13,15-18H,2-3,5-11,14H2,1H3. The first kappa shape index (κ1) is 19.9. The highest BCUT2D eigenvalue weighted by Gasteiger charge is 2.26. The molecule has 1 nitrogen and oxygen atoms in total. The third-order valence-electron chi connectivity index (χ3n) is 5.89. The highest BCUT2D eigenvalue weighted by molar-refractivity contribution is 5.85. The van der Waals surface area contributed by atoms with Crippen molar-refractivity contribution < 1.29 is 13.5 Å². The third-order valence-corrected chi connectivity index (χ3v) is 5.89. The van der Waals surface area contributed by atoms with E-state index in [0.29, 0.717) is 17.9 Å². The van der Waals surface area contributed by atoms with E-state index in [9.17, 15) is 8.78 Å². The Bertz CT molecular complexity index is 776. The van der Waals surface area contributed by atoms with Gasteiger partial charge in [-0.1, -0.05) is 51.3 Å². The Hall–Kier alpha value is -1.90. The molecule has 0 radical (unpaired) electrons. The van der Waals surface area contributed by atoms with Crippen LogP contribution in [0.4, 0.5) is 8.78 Å². The van der Waals surface area contributed by atoms with Crippen LogP contribution in [0.15, 0.2) is 36.9 Å². The maximum atomic E-state index is 14.8. The largest absolute Gasteiger partial charge is 0.490 e. The fourth-order valence-corrected chi connectivity index (χ4v) is 4.31. The summed E-state index contributed by atoms with van der Waals surface area (Å²) in [4.78, 5) is 0. The van der Waals surface area contributed by atoms with E-state index in [4.69, 9.17) is 4.74 Å². The number of hydrogen-bond acceptors (Lipinski definition) is 1. The molecule has 146 valence electrons. The molecular weight excluding hydrogens is 342 g/mol. The number of unbranched alkanes of at least 4 members (excludes halogenated alkanes) is 2. The minimum Gasteiger partial charge on any atom is -0.490 e. The average Bonchev–Trinajstić information content (AvgIpc) is 2.70. The number of rotatable bonds is 8. The number of fused-ring (bicyclic) bond motifs is 1. The van der Waals surface area contributed by atoms with E-state index in [0.717, 1.165) is 37.0 Å². The molecule has 1 fully saturated rings. The van der Waals surface area contributed by atoms with Crippen LogP contribution in [-0.4, -0.2) is 6.61 Å². The van der Waals surface area contributed by atoms with Gasteiger partial charge in [0.15, 0.2) is 11.6 Å². The van der Waals surface area contributed by atoms with Crippen LogP contribution < -0.4 is 4.74 Å². The van der Waals surface area contributed by atoms with E-state index in [2.05, 4.69) is 13.5 Å². The zero-order chi connectivity index (χ0) is 19.2. The molecule has 27 heavy (non-hydrogen) atoms. The molecule has 0 amide bonds. The SMILES string of the molecule is C=CCOc1ccc2cc(C3CCC(CCCCC)CC3)c(F)c(F)c2c1. The monoisotopic (exact) mass is 372 g/mol. The number of halogens is 2. The zero-order valence-electron chi connectivity index (χ0n) is 16.3. The summed E-state index contributed by atoms with van der Waals surface area (Å²) in [5.41, 5.74) is 0.548. The molecule has 2 aromatic rings. The second-order valence-electron chi connectivity index (χ2n) is 7.79. The first-order chi connectivity index (χ1) is 13.1. The van der Waals surface area contributed by atoms with Gasteiger partial charge >= 0.3 is 0 Å². The average molecular weight is 372 g/mol. The van der Waals surface area contributed by atoms with Crippen LogP contribution in [0.2, 0.25) is 0 Å². The highest BCUT2D eigenvalue weighted by Crippen LogP contribution is 2.40. The molecule has 3 heteroatoms. The summed E-state index contributed by atoms with van der Waals surface area (Å²) < 4.78 is 35.0. The van der Waals surface area contributed by atoms with E-state index < -0.39 is 11.6 Å². The van der Waals surface area contributed by atoms with Crippen molar-refractivity contribution >= 4 is 10.8 Å². The van der Waals surface area contributed by atoms with E-state index in [1.807, 2.05) is 12.1 Å². The van der Waals surface area contributed by atoms with Crippen molar-refractivity contribution in [1.29, 1.82) is 0 Å². The van der Waals surface area contributed by atoms with Gasteiger partial charge in [-0.3, -0.25) is 0 Å². The lowest BCUT2D eigenvalue weighted by Crippen LogP contribution is -2.15. The minimum atomic E-state index is -0.753. The van der Waals surface area contributed by atoms with Crippen molar-refractivity contribution in [2.24, 2.45) is 5.92 Å². The van der Waals surface area contributed by atoms with E-state index in [1.54, 1.807) is 18.2 Å². The summed E-state index contributed by atoms with van der Waals surface area (Å²) in [6.07, 6.45) is 10.9. The van der Waals surface area contributed by atoms with E-state index in [-0.39, 0.29) is 11.3 Å².